The molecular formula is C16H15N3O5. The van der Waals surface area contributed by atoms with Crippen LogP contribution in [0.5, 0.6) is 0 Å². The number of furan rings is 1. The number of nitrogens with zero attached hydrogens (tertiary/aromatic N) is 1. The quantitative estimate of drug-likeness (QED) is 0.466. The maximum Gasteiger partial charge on any atom is 0.337 e. The zero-order valence-corrected chi connectivity index (χ0v) is 12.8. The van der Waals surface area contributed by atoms with E-state index in [9.17, 15) is 14.4 Å². The number of carbonyl (C=O) groups excluding carboxylic acids is 3. The standard InChI is InChI=1S/C16H15N3O5/c1-23-16(22)12-6-4-11(5-7-12)9-18-19-14(20)10-17-15(21)13-3-2-8-24-13/h2-9H,10H2,1H3,(H,17,21)(H,19,20)/b18-9+. The van der Waals surface area contributed by atoms with Gasteiger partial charge in [-0.15, -0.1) is 0 Å². The summed E-state index contributed by atoms with van der Waals surface area (Å²) >= 11 is 0. The summed E-state index contributed by atoms with van der Waals surface area (Å²) in [7, 11) is 1.30. The highest BCUT2D eigenvalue weighted by atomic mass is 16.5. The van der Waals surface area contributed by atoms with Crippen LogP contribution in [0.15, 0.2) is 52.2 Å². The van der Waals surface area contributed by atoms with Gasteiger partial charge in [0.1, 0.15) is 0 Å². The molecule has 2 N–H and O–H groups in total. The summed E-state index contributed by atoms with van der Waals surface area (Å²) in [5.41, 5.74) is 3.37. The van der Waals surface area contributed by atoms with Gasteiger partial charge in [-0.3, -0.25) is 9.59 Å². The van der Waals surface area contributed by atoms with Crippen LogP contribution in [-0.4, -0.2) is 37.7 Å². The molecule has 1 heterocycles. The van der Waals surface area contributed by atoms with Gasteiger partial charge in [-0.05, 0) is 29.8 Å². The van der Waals surface area contributed by atoms with Crippen molar-refractivity contribution in [2.45, 2.75) is 0 Å². The van der Waals surface area contributed by atoms with Crippen molar-refractivity contribution in [2.75, 3.05) is 13.7 Å². The Morgan fingerprint density at radius 2 is 1.96 bits per heavy atom. The van der Waals surface area contributed by atoms with E-state index < -0.39 is 17.8 Å². The molecule has 0 aliphatic carbocycles. The van der Waals surface area contributed by atoms with E-state index >= 15 is 0 Å². The molecule has 2 amide bonds. The van der Waals surface area contributed by atoms with E-state index in [1.165, 1.54) is 25.7 Å². The molecule has 1 aromatic heterocycles. The maximum absolute atomic E-state index is 11.6. The first kappa shape index (κ1) is 16.9. The minimum absolute atomic E-state index is 0.122. The van der Waals surface area contributed by atoms with Gasteiger partial charge in [-0.2, -0.15) is 5.10 Å². The Balaban J connectivity index is 1.77. The number of benzene rings is 1. The molecule has 0 aliphatic heterocycles. The third kappa shape index (κ3) is 4.80. The molecule has 1 aromatic carbocycles. The first-order valence-electron chi connectivity index (χ1n) is 6.92. The number of carbonyl (C=O) groups is 3. The molecule has 2 aromatic rings. The van der Waals surface area contributed by atoms with Gasteiger partial charge in [0.25, 0.3) is 11.8 Å². The van der Waals surface area contributed by atoms with Gasteiger partial charge < -0.3 is 14.5 Å². The molecule has 0 aliphatic rings. The smallest absolute Gasteiger partial charge is 0.337 e. The summed E-state index contributed by atoms with van der Waals surface area (Å²) in [4.78, 5) is 34.4. The van der Waals surface area contributed by atoms with Gasteiger partial charge in [-0.25, -0.2) is 10.2 Å². The van der Waals surface area contributed by atoms with Crippen LogP contribution < -0.4 is 10.7 Å². The summed E-state index contributed by atoms with van der Waals surface area (Å²) in [6.07, 6.45) is 2.78. The van der Waals surface area contributed by atoms with Crippen LogP contribution in [0.3, 0.4) is 0 Å². The minimum atomic E-state index is -0.489. The molecule has 24 heavy (non-hydrogen) atoms. The van der Waals surface area contributed by atoms with Crippen LogP contribution in [0.25, 0.3) is 0 Å². The number of nitrogens with one attached hydrogen (secondary N) is 2. The first-order valence-corrected chi connectivity index (χ1v) is 6.92. The summed E-state index contributed by atoms with van der Waals surface area (Å²) in [5, 5.41) is 6.15. The van der Waals surface area contributed by atoms with Gasteiger partial charge in [0, 0.05) is 0 Å². The second kappa shape index (κ2) is 8.28. The number of amides is 2. The summed E-state index contributed by atoms with van der Waals surface area (Å²) < 4.78 is 9.49. The highest BCUT2D eigenvalue weighted by Crippen LogP contribution is 2.03. The molecule has 8 nitrogen and oxygen atoms in total. The van der Waals surface area contributed by atoms with E-state index in [-0.39, 0.29) is 12.3 Å². The maximum atomic E-state index is 11.6. The molecule has 2 rings (SSSR count). The molecule has 0 bridgehead atoms. The Bertz CT molecular complexity index is 736. The zero-order valence-electron chi connectivity index (χ0n) is 12.8. The fourth-order valence-corrected chi connectivity index (χ4v) is 1.70. The molecule has 8 heteroatoms. The SMILES string of the molecule is COC(=O)c1ccc(/C=N/NC(=O)CNC(=O)c2ccco2)cc1. The number of ether oxygens (including phenoxy) is 1. The largest absolute Gasteiger partial charge is 0.465 e. The van der Waals surface area contributed by atoms with E-state index in [1.54, 1.807) is 30.3 Å². The van der Waals surface area contributed by atoms with Crippen molar-refractivity contribution in [3.63, 3.8) is 0 Å². The van der Waals surface area contributed by atoms with Crippen molar-refractivity contribution >= 4 is 24.0 Å². The van der Waals surface area contributed by atoms with E-state index in [0.717, 1.165) is 0 Å². The first-order chi connectivity index (χ1) is 11.6. The lowest BCUT2D eigenvalue weighted by Gasteiger charge is -2.02. The average molecular weight is 329 g/mol. The highest BCUT2D eigenvalue weighted by molar-refractivity contribution is 5.94. The summed E-state index contributed by atoms with van der Waals surface area (Å²) in [6, 6.07) is 9.53. The molecule has 0 radical (unpaired) electrons. The van der Waals surface area contributed by atoms with Crippen LogP contribution >= 0.6 is 0 Å². The van der Waals surface area contributed by atoms with E-state index in [2.05, 4.69) is 20.6 Å². The summed E-state index contributed by atoms with van der Waals surface area (Å²) in [6.45, 7) is -0.238. The molecule has 0 spiro atoms. The van der Waals surface area contributed by atoms with Crippen LogP contribution in [0.4, 0.5) is 0 Å². The Hall–Kier alpha value is -3.42. The Morgan fingerprint density at radius 1 is 1.21 bits per heavy atom. The fourth-order valence-electron chi connectivity index (χ4n) is 1.70. The van der Waals surface area contributed by atoms with Gasteiger partial charge in [0.05, 0.1) is 31.7 Å². The van der Waals surface area contributed by atoms with Crippen molar-refractivity contribution in [1.29, 1.82) is 0 Å². The Kier molecular flexibility index (Phi) is 5.84. The van der Waals surface area contributed by atoms with Crippen molar-refractivity contribution in [3.8, 4) is 0 Å². The lowest BCUT2D eigenvalue weighted by molar-refractivity contribution is -0.120. The molecule has 0 saturated heterocycles. The van der Waals surface area contributed by atoms with Gasteiger partial charge in [0.15, 0.2) is 5.76 Å². The second-order valence-corrected chi connectivity index (χ2v) is 4.57. The van der Waals surface area contributed by atoms with Crippen molar-refractivity contribution in [1.82, 2.24) is 10.7 Å². The summed E-state index contributed by atoms with van der Waals surface area (Å²) in [5.74, 6) is -1.29. The van der Waals surface area contributed by atoms with Gasteiger partial charge >= 0.3 is 5.97 Å². The third-order valence-corrected chi connectivity index (χ3v) is 2.89. The number of methoxy groups -OCH3 is 1. The fraction of sp³-hybridized carbons (Fsp3) is 0.125. The monoisotopic (exact) mass is 329 g/mol. The predicted molar refractivity (Wildman–Crippen MR) is 84.6 cm³/mol. The van der Waals surface area contributed by atoms with E-state index in [0.29, 0.717) is 11.1 Å². The topological polar surface area (TPSA) is 110 Å². The van der Waals surface area contributed by atoms with Crippen LogP contribution in [-0.2, 0) is 9.53 Å². The van der Waals surface area contributed by atoms with Crippen LogP contribution in [0.2, 0.25) is 0 Å². The Morgan fingerprint density at radius 3 is 2.58 bits per heavy atom. The number of hydrazone groups is 1. The van der Waals surface area contributed by atoms with Crippen LogP contribution in [0, 0.1) is 0 Å². The second-order valence-electron chi connectivity index (χ2n) is 4.57. The number of rotatable bonds is 6. The third-order valence-electron chi connectivity index (χ3n) is 2.89. The molecule has 0 fully saturated rings. The van der Waals surface area contributed by atoms with Crippen molar-refractivity contribution in [2.24, 2.45) is 5.10 Å². The predicted octanol–water partition coefficient (Wildman–Crippen LogP) is 0.946. The lowest BCUT2D eigenvalue weighted by Crippen LogP contribution is -2.34. The Labute approximate surface area is 137 Å². The normalized spacial score (nSPS) is 10.4. The van der Waals surface area contributed by atoms with Crippen molar-refractivity contribution < 1.29 is 23.5 Å². The molecule has 0 atom stereocenters. The zero-order chi connectivity index (χ0) is 17.4. The number of hydrogen-bond acceptors (Lipinski definition) is 6. The van der Waals surface area contributed by atoms with Gasteiger partial charge in [0.2, 0.25) is 0 Å². The minimum Gasteiger partial charge on any atom is -0.465 e. The lowest BCUT2D eigenvalue weighted by atomic mass is 10.1. The number of hydrogen-bond donors (Lipinski definition) is 2. The van der Waals surface area contributed by atoms with Gasteiger partial charge in [-0.1, -0.05) is 12.1 Å². The van der Waals surface area contributed by atoms with Crippen molar-refractivity contribution in [3.05, 3.63) is 59.5 Å². The average Bonchev–Trinajstić information content (AvgIpc) is 3.14. The molecule has 0 saturated carbocycles. The van der Waals surface area contributed by atoms with Crippen LogP contribution in [0.1, 0.15) is 26.5 Å². The molecule has 0 unspecified atom stereocenters. The number of esters is 1. The molecular weight excluding hydrogens is 314 g/mol. The van der Waals surface area contributed by atoms with E-state index in [1.807, 2.05) is 0 Å². The highest BCUT2D eigenvalue weighted by Gasteiger charge is 2.09. The molecule has 124 valence electrons. The van der Waals surface area contributed by atoms with E-state index in [4.69, 9.17) is 4.42 Å².